The number of thiophene rings is 1. The van der Waals surface area contributed by atoms with Crippen LogP contribution in [0.2, 0.25) is 0 Å². The van der Waals surface area contributed by atoms with Gasteiger partial charge in [0.15, 0.2) is 0 Å². The monoisotopic (exact) mass is 341 g/mol. The first-order chi connectivity index (χ1) is 10.2. The van der Waals surface area contributed by atoms with E-state index in [1.54, 1.807) is 11.8 Å². The third-order valence-electron chi connectivity index (χ3n) is 2.76. The van der Waals surface area contributed by atoms with E-state index in [0.29, 0.717) is 6.54 Å². The van der Waals surface area contributed by atoms with Crippen LogP contribution >= 0.6 is 23.1 Å². The molecule has 0 aliphatic rings. The van der Waals surface area contributed by atoms with Crippen molar-refractivity contribution < 1.29 is 8.95 Å². The number of thioether (sulfide) groups is 1. The zero-order valence-electron chi connectivity index (χ0n) is 11.9. The predicted molar refractivity (Wildman–Crippen MR) is 90.5 cm³/mol. The lowest BCUT2D eigenvalue weighted by Crippen LogP contribution is -1.95. The molecule has 0 aliphatic carbocycles. The molecule has 6 heteroatoms. The van der Waals surface area contributed by atoms with Gasteiger partial charge in [-0.3, -0.25) is 0 Å². The van der Waals surface area contributed by atoms with Crippen LogP contribution in [-0.4, -0.2) is 23.2 Å². The second kappa shape index (κ2) is 8.70. The Balaban J connectivity index is 1.96. The fraction of sp³-hybridized carbons (Fsp3) is 0.333. The molecule has 1 aromatic heterocycles. The van der Waals surface area contributed by atoms with Gasteiger partial charge in [0.2, 0.25) is 0 Å². The summed E-state index contributed by atoms with van der Waals surface area (Å²) in [6.45, 7) is 4.00. The van der Waals surface area contributed by atoms with Gasteiger partial charge in [0.05, 0.1) is 21.6 Å². The summed E-state index contributed by atoms with van der Waals surface area (Å²) >= 11 is 3.26. The van der Waals surface area contributed by atoms with Crippen LogP contribution in [0.1, 0.15) is 11.8 Å². The summed E-state index contributed by atoms with van der Waals surface area (Å²) < 4.78 is 18.6. The molecule has 1 atom stereocenters. The standard InChI is InChI=1S/C15H19NO2S3/c1-2-18-9-10-19-12-3-6-14(7-4-12)21(17)15-8-5-13(11-16)20-15/h3-8H,2,9-11,16H2,1H3. The number of benzene rings is 1. The first-order valence-electron chi connectivity index (χ1n) is 6.75. The summed E-state index contributed by atoms with van der Waals surface area (Å²) in [5, 5.41) is 0. The first kappa shape index (κ1) is 16.7. The van der Waals surface area contributed by atoms with Gasteiger partial charge in [0.1, 0.15) is 0 Å². The largest absolute Gasteiger partial charge is 0.381 e. The van der Waals surface area contributed by atoms with Crippen LogP contribution in [0.5, 0.6) is 0 Å². The van der Waals surface area contributed by atoms with E-state index in [-0.39, 0.29) is 0 Å². The molecule has 0 saturated heterocycles. The summed E-state index contributed by atoms with van der Waals surface area (Å²) in [6.07, 6.45) is 0. The number of nitrogens with two attached hydrogens (primary N) is 1. The number of rotatable bonds is 8. The SMILES string of the molecule is CCOCCSc1ccc(S(=O)c2ccc(CN)s2)cc1. The van der Waals surface area contributed by atoms with Gasteiger partial charge in [-0.15, -0.1) is 23.1 Å². The van der Waals surface area contributed by atoms with E-state index < -0.39 is 10.8 Å². The third kappa shape index (κ3) is 4.93. The highest BCUT2D eigenvalue weighted by atomic mass is 32.2. The highest BCUT2D eigenvalue weighted by Crippen LogP contribution is 2.26. The van der Waals surface area contributed by atoms with Crippen molar-refractivity contribution in [2.24, 2.45) is 5.73 Å². The van der Waals surface area contributed by atoms with Gasteiger partial charge < -0.3 is 10.5 Å². The van der Waals surface area contributed by atoms with Crippen molar-refractivity contribution in [2.75, 3.05) is 19.0 Å². The van der Waals surface area contributed by atoms with Gasteiger partial charge in [-0.25, -0.2) is 4.21 Å². The fourth-order valence-corrected chi connectivity index (χ4v) is 4.81. The molecule has 2 aromatic rings. The lowest BCUT2D eigenvalue weighted by atomic mass is 10.4. The van der Waals surface area contributed by atoms with E-state index in [2.05, 4.69) is 0 Å². The molecule has 0 bridgehead atoms. The minimum Gasteiger partial charge on any atom is -0.381 e. The molecule has 0 aliphatic heterocycles. The van der Waals surface area contributed by atoms with Crippen molar-refractivity contribution >= 4 is 33.9 Å². The van der Waals surface area contributed by atoms with Crippen LogP contribution in [0.15, 0.2) is 50.4 Å². The first-order valence-corrected chi connectivity index (χ1v) is 9.71. The molecule has 3 nitrogen and oxygen atoms in total. The molecule has 114 valence electrons. The lowest BCUT2D eigenvalue weighted by molar-refractivity contribution is 0.164. The van der Waals surface area contributed by atoms with Gasteiger partial charge in [0, 0.05) is 33.6 Å². The van der Waals surface area contributed by atoms with Crippen LogP contribution in [0.4, 0.5) is 0 Å². The smallest absolute Gasteiger partial charge is 0.0963 e. The zero-order chi connectivity index (χ0) is 15.1. The van der Waals surface area contributed by atoms with E-state index >= 15 is 0 Å². The topological polar surface area (TPSA) is 52.3 Å². The average molecular weight is 342 g/mol. The molecule has 1 heterocycles. The van der Waals surface area contributed by atoms with Gasteiger partial charge in [-0.1, -0.05) is 0 Å². The van der Waals surface area contributed by atoms with Gasteiger partial charge in [-0.05, 0) is 43.3 Å². The molecule has 0 spiro atoms. The Morgan fingerprint density at radius 1 is 1.24 bits per heavy atom. The van der Waals surface area contributed by atoms with Crippen molar-refractivity contribution in [3.8, 4) is 0 Å². The van der Waals surface area contributed by atoms with Crippen LogP contribution in [0.25, 0.3) is 0 Å². The summed E-state index contributed by atoms with van der Waals surface area (Å²) in [7, 11) is -1.12. The van der Waals surface area contributed by atoms with Crippen molar-refractivity contribution in [1.29, 1.82) is 0 Å². The maximum absolute atomic E-state index is 12.4. The Bertz CT molecular complexity index is 581. The molecule has 2 N–H and O–H groups in total. The van der Waals surface area contributed by atoms with Crippen molar-refractivity contribution in [2.45, 2.75) is 27.5 Å². The summed E-state index contributed by atoms with van der Waals surface area (Å²) in [4.78, 5) is 3.06. The minimum absolute atomic E-state index is 0.497. The maximum Gasteiger partial charge on any atom is 0.0963 e. The molecule has 0 radical (unpaired) electrons. The highest BCUT2D eigenvalue weighted by Gasteiger charge is 2.10. The van der Waals surface area contributed by atoms with Gasteiger partial charge in [0.25, 0.3) is 0 Å². The van der Waals surface area contributed by atoms with Crippen LogP contribution in [0, 0.1) is 0 Å². The maximum atomic E-state index is 12.4. The molecular formula is C15H19NO2S3. The number of hydrogen-bond donors (Lipinski definition) is 1. The van der Waals surface area contributed by atoms with E-state index in [9.17, 15) is 4.21 Å². The van der Waals surface area contributed by atoms with Crippen molar-refractivity contribution in [1.82, 2.24) is 0 Å². The summed E-state index contributed by atoms with van der Waals surface area (Å²) in [5.41, 5.74) is 5.59. The van der Waals surface area contributed by atoms with E-state index in [0.717, 1.165) is 32.9 Å². The average Bonchev–Trinajstić information content (AvgIpc) is 3.00. The van der Waals surface area contributed by atoms with Crippen LogP contribution < -0.4 is 5.73 Å². The molecule has 2 rings (SSSR count). The molecule has 0 saturated carbocycles. The highest BCUT2D eigenvalue weighted by molar-refractivity contribution is 7.99. The van der Waals surface area contributed by atoms with Gasteiger partial charge >= 0.3 is 0 Å². The second-order valence-corrected chi connectivity index (χ2v) is 8.25. The van der Waals surface area contributed by atoms with E-state index in [1.165, 1.54) is 16.2 Å². The molecule has 1 unspecified atom stereocenters. The number of hydrogen-bond acceptors (Lipinski definition) is 5. The Morgan fingerprint density at radius 2 is 2.00 bits per heavy atom. The predicted octanol–water partition coefficient (Wildman–Crippen LogP) is 3.50. The van der Waals surface area contributed by atoms with E-state index in [1.807, 2.05) is 43.3 Å². The fourth-order valence-electron chi connectivity index (χ4n) is 1.71. The molecule has 0 amide bonds. The Hall–Kier alpha value is -0.660. The third-order valence-corrected chi connectivity index (χ3v) is 6.54. The molecular weight excluding hydrogens is 322 g/mol. The Morgan fingerprint density at radius 3 is 2.62 bits per heavy atom. The van der Waals surface area contributed by atoms with Crippen LogP contribution in [-0.2, 0) is 22.1 Å². The van der Waals surface area contributed by atoms with E-state index in [4.69, 9.17) is 10.5 Å². The molecule has 0 fully saturated rings. The van der Waals surface area contributed by atoms with Crippen LogP contribution in [0.3, 0.4) is 0 Å². The Kier molecular flexibility index (Phi) is 6.92. The normalized spacial score (nSPS) is 12.5. The van der Waals surface area contributed by atoms with Crippen molar-refractivity contribution in [3.63, 3.8) is 0 Å². The lowest BCUT2D eigenvalue weighted by Gasteiger charge is -2.04. The quantitative estimate of drug-likeness (QED) is 0.590. The molecule has 21 heavy (non-hydrogen) atoms. The van der Waals surface area contributed by atoms with Crippen molar-refractivity contribution in [3.05, 3.63) is 41.3 Å². The van der Waals surface area contributed by atoms with Gasteiger partial charge in [-0.2, -0.15) is 0 Å². The summed E-state index contributed by atoms with van der Waals surface area (Å²) in [5.74, 6) is 0.932. The Labute approximate surface area is 136 Å². The molecule has 1 aromatic carbocycles. The zero-order valence-corrected chi connectivity index (χ0v) is 14.4. The minimum atomic E-state index is -1.12. The second-order valence-electron chi connectivity index (χ2n) is 4.21. The summed E-state index contributed by atoms with van der Waals surface area (Å²) in [6, 6.07) is 11.7. The number of ether oxygens (including phenoxy) is 1.